The van der Waals surface area contributed by atoms with Crippen molar-refractivity contribution in [2.45, 2.75) is 45.4 Å². The van der Waals surface area contributed by atoms with Crippen LogP contribution in [0.2, 0.25) is 0 Å². The Morgan fingerprint density at radius 1 is 1.12 bits per heavy atom. The SMILES string of the molecule is Cc1ccc(C(=O)N[C@H](C(=O)NCC[C@H](C)[S@](C)=O)C(C)C)cc1. The van der Waals surface area contributed by atoms with Gasteiger partial charge in [0.2, 0.25) is 5.91 Å². The largest absolute Gasteiger partial charge is 0.354 e. The maximum Gasteiger partial charge on any atom is 0.251 e. The second-order valence-electron chi connectivity index (χ2n) is 6.45. The van der Waals surface area contributed by atoms with Gasteiger partial charge in [-0.1, -0.05) is 38.5 Å². The molecular formula is C18H28N2O3S. The summed E-state index contributed by atoms with van der Waals surface area (Å²) in [6, 6.07) is 6.63. The number of carbonyl (C=O) groups is 2. The maximum absolute atomic E-state index is 12.4. The van der Waals surface area contributed by atoms with Crippen LogP contribution in [-0.4, -0.2) is 40.1 Å². The van der Waals surface area contributed by atoms with Gasteiger partial charge in [-0.3, -0.25) is 13.8 Å². The van der Waals surface area contributed by atoms with E-state index in [9.17, 15) is 13.8 Å². The molecule has 3 atom stereocenters. The predicted octanol–water partition coefficient (Wildman–Crippen LogP) is 2.02. The van der Waals surface area contributed by atoms with Gasteiger partial charge in [-0.05, 0) is 31.4 Å². The van der Waals surface area contributed by atoms with Crippen LogP contribution in [0, 0.1) is 12.8 Å². The fourth-order valence-electron chi connectivity index (χ4n) is 2.14. The van der Waals surface area contributed by atoms with E-state index < -0.39 is 16.8 Å². The first-order chi connectivity index (χ1) is 11.2. The Morgan fingerprint density at radius 3 is 2.21 bits per heavy atom. The lowest BCUT2D eigenvalue weighted by molar-refractivity contribution is -0.123. The molecule has 1 rings (SSSR count). The van der Waals surface area contributed by atoms with Crippen LogP contribution in [0.5, 0.6) is 0 Å². The Labute approximate surface area is 147 Å². The molecule has 2 amide bonds. The van der Waals surface area contributed by atoms with Crippen molar-refractivity contribution in [2.24, 2.45) is 5.92 Å². The van der Waals surface area contributed by atoms with Crippen LogP contribution < -0.4 is 10.6 Å². The van der Waals surface area contributed by atoms with Gasteiger partial charge < -0.3 is 10.6 Å². The zero-order chi connectivity index (χ0) is 18.3. The van der Waals surface area contributed by atoms with E-state index in [1.54, 1.807) is 18.4 Å². The predicted molar refractivity (Wildman–Crippen MR) is 98.4 cm³/mol. The molecule has 24 heavy (non-hydrogen) atoms. The number of hydrogen-bond donors (Lipinski definition) is 2. The fourth-order valence-corrected chi connectivity index (χ4v) is 2.59. The van der Waals surface area contributed by atoms with E-state index in [0.29, 0.717) is 18.5 Å². The van der Waals surface area contributed by atoms with E-state index in [1.807, 2.05) is 39.8 Å². The lowest BCUT2D eigenvalue weighted by atomic mass is 10.0. The summed E-state index contributed by atoms with van der Waals surface area (Å²) in [4.78, 5) is 24.7. The highest BCUT2D eigenvalue weighted by Gasteiger charge is 2.24. The molecule has 2 N–H and O–H groups in total. The standard InChI is InChI=1S/C18H28N2O3S/c1-12(2)16(18(22)19-11-10-14(4)24(5)23)20-17(21)15-8-6-13(3)7-9-15/h6-9,12,14,16H,10-11H2,1-5H3,(H,19,22)(H,20,21)/t14-,16-,24-/m0/s1. The molecule has 0 aliphatic carbocycles. The van der Waals surface area contributed by atoms with Crippen molar-refractivity contribution in [3.8, 4) is 0 Å². The zero-order valence-electron chi connectivity index (χ0n) is 15.1. The lowest BCUT2D eigenvalue weighted by Gasteiger charge is -2.22. The zero-order valence-corrected chi connectivity index (χ0v) is 15.9. The van der Waals surface area contributed by atoms with Crippen molar-refractivity contribution in [3.63, 3.8) is 0 Å². The highest BCUT2D eigenvalue weighted by molar-refractivity contribution is 7.84. The molecule has 0 saturated heterocycles. The molecule has 5 nitrogen and oxygen atoms in total. The monoisotopic (exact) mass is 352 g/mol. The first-order valence-corrected chi connectivity index (χ1v) is 9.82. The third-order valence-electron chi connectivity index (χ3n) is 3.97. The molecule has 0 fully saturated rings. The number of amides is 2. The average Bonchev–Trinajstić information content (AvgIpc) is 2.52. The van der Waals surface area contributed by atoms with Crippen LogP contribution in [0.4, 0.5) is 0 Å². The van der Waals surface area contributed by atoms with Gasteiger partial charge in [0.1, 0.15) is 6.04 Å². The molecule has 0 heterocycles. The van der Waals surface area contributed by atoms with Gasteiger partial charge in [0.05, 0.1) is 0 Å². The van der Waals surface area contributed by atoms with Gasteiger partial charge in [-0.15, -0.1) is 0 Å². The van der Waals surface area contributed by atoms with Crippen molar-refractivity contribution >= 4 is 22.6 Å². The highest BCUT2D eigenvalue weighted by Crippen LogP contribution is 2.07. The molecular weight excluding hydrogens is 324 g/mol. The summed E-state index contributed by atoms with van der Waals surface area (Å²) in [5.41, 5.74) is 1.61. The number of carbonyl (C=O) groups excluding carboxylic acids is 2. The normalized spacial score (nSPS) is 14.8. The smallest absolute Gasteiger partial charge is 0.251 e. The van der Waals surface area contributed by atoms with Gasteiger partial charge in [-0.2, -0.15) is 0 Å². The molecule has 0 spiro atoms. The highest BCUT2D eigenvalue weighted by atomic mass is 32.2. The molecule has 134 valence electrons. The van der Waals surface area contributed by atoms with Crippen molar-refractivity contribution < 1.29 is 13.8 Å². The fraction of sp³-hybridized carbons (Fsp3) is 0.556. The minimum atomic E-state index is -0.902. The van der Waals surface area contributed by atoms with Crippen LogP contribution in [0.15, 0.2) is 24.3 Å². The summed E-state index contributed by atoms with van der Waals surface area (Å²) < 4.78 is 11.3. The summed E-state index contributed by atoms with van der Waals surface area (Å²) >= 11 is 0. The number of benzene rings is 1. The topological polar surface area (TPSA) is 75.3 Å². The summed E-state index contributed by atoms with van der Waals surface area (Å²) in [6.07, 6.45) is 2.30. The molecule has 1 aromatic carbocycles. The quantitative estimate of drug-likeness (QED) is 0.752. The molecule has 0 aliphatic rings. The Bertz CT molecular complexity index is 584. The van der Waals surface area contributed by atoms with Crippen molar-refractivity contribution in [2.75, 3.05) is 12.8 Å². The van der Waals surface area contributed by atoms with E-state index in [-0.39, 0.29) is 23.0 Å². The summed E-state index contributed by atoms with van der Waals surface area (Å²) in [6.45, 7) is 8.08. The van der Waals surface area contributed by atoms with Crippen LogP contribution in [0.3, 0.4) is 0 Å². The van der Waals surface area contributed by atoms with E-state index in [2.05, 4.69) is 10.6 Å². The second-order valence-corrected chi connectivity index (χ2v) is 8.25. The molecule has 0 aliphatic heterocycles. The first kappa shape index (κ1) is 20.4. The molecule has 1 aromatic rings. The first-order valence-electron chi connectivity index (χ1n) is 8.19. The number of rotatable bonds is 8. The Kier molecular flexibility index (Phi) is 8.11. The molecule has 0 radical (unpaired) electrons. The van der Waals surface area contributed by atoms with Gasteiger partial charge in [0.15, 0.2) is 0 Å². The summed E-state index contributed by atoms with van der Waals surface area (Å²) in [5.74, 6) is -0.497. The van der Waals surface area contributed by atoms with E-state index in [4.69, 9.17) is 0 Å². The van der Waals surface area contributed by atoms with E-state index in [0.717, 1.165) is 5.56 Å². The third kappa shape index (κ3) is 6.43. The van der Waals surface area contributed by atoms with Gasteiger partial charge >= 0.3 is 0 Å². The molecule has 0 aromatic heterocycles. The number of nitrogens with one attached hydrogen (secondary N) is 2. The summed E-state index contributed by atoms with van der Waals surface area (Å²) in [5, 5.41) is 5.66. The minimum Gasteiger partial charge on any atom is -0.354 e. The molecule has 0 saturated carbocycles. The van der Waals surface area contributed by atoms with Gasteiger partial charge in [0.25, 0.3) is 5.91 Å². The van der Waals surface area contributed by atoms with Crippen molar-refractivity contribution in [1.29, 1.82) is 0 Å². The average molecular weight is 353 g/mol. The molecule has 0 unspecified atom stereocenters. The van der Waals surface area contributed by atoms with Gasteiger partial charge in [0, 0.05) is 34.4 Å². The van der Waals surface area contributed by atoms with Crippen LogP contribution in [0.1, 0.15) is 43.1 Å². The van der Waals surface area contributed by atoms with Crippen molar-refractivity contribution in [3.05, 3.63) is 35.4 Å². The van der Waals surface area contributed by atoms with Crippen LogP contribution in [0.25, 0.3) is 0 Å². The molecule has 0 bridgehead atoms. The Hall–Kier alpha value is -1.69. The number of aryl methyl sites for hydroxylation is 1. The third-order valence-corrected chi connectivity index (χ3v) is 5.34. The Balaban J connectivity index is 2.62. The van der Waals surface area contributed by atoms with E-state index >= 15 is 0 Å². The molecule has 6 heteroatoms. The van der Waals surface area contributed by atoms with Crippen LogP contribution >= 0.6 is 0 Å². The minimum absolute atomic E-state index is 0.0304. The lowest BCUT2D eigenvalue weighted by Crippen LogP contribution is -2.50. The second kappa shape index (κ2) is 9.57. The number of hydrogen-bond acceptors (Lipinski definition) is 3. The Morgan fingerprint density at radius 2 is 1.71 bits per heavy atom. The van der Waals surface area contributed by atoms with Gasteiger partial charge in [-0.25, -0.2) is 0 Å². The summed E-state index contributed by atoms with van der Waals surface area (Å²) in [7, 11) is -0.902. The van der Waals surface area contributed by atoms with E-state index in [1.165, 1.54) is 0 Å². The maximum atomic E-state index is 12.4. The van der Waals surface area contributed by atoms with Crippen LogP contribution in [-0.2, 0) is 15.6 Å². The van der Waals surface area contributed by atoms with Crippen molar-refractivity contribution in [1.82, 2.24) is 10.6 Å².